The van der Waals surface area contributed by atoms with Crippen molar-refractivity contribution in [2.45, 2.75) is 6.92 Å². The molecule has 4 N–H and O–H groups in total. The number of carbonyl (C=O) groups excluding carboxylic acids is 2. The van der Waals surface area contributed by atoms with Gasteiger partial charge in [0.05, 0.1) is 6.20 Å². The summed E-state index contributed by atoms with van der Waals surface area (Å²) < 4.78 is 6.41. The third-order valence-electron chi connectivity index (χ3n) is 2.23. The van der Waals surface area contributed by atoms with Crippen molar-refractivity contribution in [3.8, 4) is 5.75 Å². The number of pyridine rings is 1. The lowest BCUT2D eigenvalue weighted by Gasteiger charge is -2.00. The van der Waals surface area contributed by atoms with E-state index in [4.69, 9.17) is 10.5 Å². The molecule has 0 unspecified atom stereocenters. The van der Waals surface area contributed by atoms with Gasteiger partial charge in [-0.25, -0.2) is 14.6 Å². The Hall–Kier alpha value is -2.77. The summed E-state index contributed by atoms with van der Waals surface area (Å²) in [7, 11) is 0. The maximum atomic E-state index is 11.3. The third kappa shape index (κ3) is 3.12. The molecular formula is C11H13N5O3. The van der Waals surface area contributed by atoms with Crippen molar-refractivity contribution in [2.24, 2.45) is 5.73 Å². The number of ether oxygens (including phenoxy) is 1. The Morgan fingerprint density at radius 3 is 3.00 bits per heavy atom. The number of carbonyl (C=O) groups is 2. The zero-order valence-electron chi connectivity index (χ0n) is 10.2. The minimum absolute atomic E-state index is 0.287. The monoisotopic (exact) mass is 263 g/mol. The molecule has 2 rings (SSSR count). The summed E-state index contributed by atoms with van der Waals surface area (Å²) in [6.07, 6.45) is 2.39. The summed E-state index contributed by atoms with van der Waals surface area (Å²) in [4.78, 5) is 26.1. The summed E-state index contributed by atoms with van der Waals surface area (Å²) >= 11 is 0. The predicted molar refractivity (Wildman–Crippen MR) is 68.1 cm³/mol. The minimum Gasteiger partial charge on any atom is -0.410 e. The summed E-state index contributed by atoms with van der Waals surface area (Å²) in [5.74, 6) is 0.678. The molecule has 0 fully saturated rings. The smallest absolute Gasteiger partial charge is 0.409 e. The van der Waals surface area contributed by atoms with E-state index in [1.807, 2.05) is 6.92 Å². The van der Waals surface area contributed by atoms with Crippen molar-refractivity contribution in [1.82, 2.24) is 14.7 Å². The molecule has 0 saturated carbocycles. The molecule has 19 heavy (non-hydrogen) atoms. The molecule has 2 heterocycles. The van der Waals surface area contributed by atoms with E-state index in [0.29, 0.717) is 18.0 Å². The molecule has 8 nitrogen and oxygen atoms in total. The number of primary amides is 1. The van der Waals surface area contributed by atoms with Gasteiger partial charge in [-0.3, -0.25) is 5.32 Å². The van der Waals surface area contributed by atoms with Crippen molar-refractivity contribution in [1.29, 1.82) is 0 Å². The first kappa shape index (κ1) is 12.7. The van der Waals surface area contributed by atoms with Crippen molar-refractivity contribution >= 4 is 23.6 Å². The standard InChI is InChI=1S/C11H13N5O3/c1-2-13-11(18)15-8-6-16-4-3-7(19-10(12)17)5-9(16)14-8/h3-6H,2H2,1H3,(H2,12,17)(H2,13,15,18). The first-order valence-electron chi connectivity index (χ1n) is 5.59. The third-order valence-corrected chi connectivity index (χ3v) is 2.23. The number of hydrogen-bond donors (Lipinski definition) is 3. The predicted octanol–water partition coefficient (Wildman–Crippen LogP) is 0.933. The average Bonchev–Trinajstić information content (AvgIpc) is 2.69. The number of amides is 3. The van der Waals surface area contributed by atoms with Crippen LogP contribution in [0.15, 0.2) is 24.5 Å². The first-order valence-corrected chi connectivity index (χ1v) is 5.59. The number of urea groups is 1. The van der Waals surface area contributed by atoms with Crippen molar-refractivity contribution in [3.63, 3.8) is 0 Å². The molecule has 8 heteroatoms. The highest BCUT2D eigenvalue weighted by Crippen LogP contribution is 2.16. The number of fused-ring (bicyclic) bond motifs is 1. The molecule has 0 atom stereocenters. The Kier molecular flexibility index (Phi) is 3.51. The average molecular weight is 263 g/mol. The van der Waals surface area contributed by atoms with Crippen LogP contribution in [0.2, 0.25) is 0 Å². The lowest BCUT2D eigenvalue weighted by molar-refractivity contribution is 0.211. The number of imidazole rings is 1. The highest BCUT2D eigenvalue weighted by molar-refractivity contribution is 5.88. The molecule has 0 spiro atoms. The van der Waals surface area contributed by atoms with E-state index in [2.05, 4.69) is 15.6 Å². The van der Waals surface area contributed by atoms with Crippen LogP contribution in [0.3, 0.4) is 0 Å². The van der Waals surface area contributed by atoms with Crippen LogP contribution in [0, 0.1) is 0 Å². The fraction of sp³-hybridized carbons (Fsp3) is 0.182. The van der Waals surface area contributed by atoms with Gasteiger partial charge in [0.15, 0.2) is 5.82 Å². The normalized spacial score (nSPS) is 10.2. The maximum Gasteiger partial charge on any atom is 0.409 e. The number of rotatable bonds is 3. The molecule has 0 aliphatic carbocycles. The van der Waals surface area contributed by atoms with Crippen LogP contribution >= 0.6 is 0 Å². The van der Waals surface area contributed by atoms with Crippen molar-refractivity contribution in [2.75, 3.05) is 11.9 Å². The molecule has 0 aromatic carbocycles. The Balaban J connectivity index is 2.20. The van der Waals surface area contributed by atoms with Crippen LogP contribution in [0.1, 0.15) is 6.92 Å². The van der Waals surface area contributed by atoms with Crippen LogP contribution in [0.5, 0.6) is 5.75 Å². The topological polar surface area (TPSA) is 111 Å². The van der Waals surface area contributed by atoms with Gasteiger partial charge in [-0.1, -0.05) is 0 Å². The largest absolute Gasteiger partial charge is 0.410 e. The number of hydrogen-bond acceptors (Lipinski definition) is 4. The summed E-state index contributed by atoms with van der Waals surface area (Å²) in [5.41, 5.74) is 5.44. The zero-order valence-corrected chi connectivity index (χ0v) is 10.2. The fourth-order valence-electron chi connectivity index (χ4n) is 1.52. The zero-order chi connectivity index (χ0) is 13.8. The van der Waals surface area contributed by atoms with Gasteiger partial charge < -0.3 is 20.2 Å². The second-order valence-corrected chi connectivity index (χ2v) is 3.66. The summed E-state index contributed by atoms with van der Waals surface area (Å²) in [6.45, 7) is 2.34. The SMILES string of the molecule is CCNC(=O)Nc1cn2ccc(OC(N)=O)cc2n1. The second-order valence-electron chi connectivity index (χ2n) is 3.66. The van der Waals surface area contributed by atoms with Crippen molar-refractivity contribution < 1.29 is 14.3 Å². The van der Waals surface area contributed by atoms with Gasteiger partial charge in [0.2, 0.25) is 0 Å². The van der Waals surface area contributed by atoms with Crippen LogP contribution in [-0.4, -0.2) is 28.1 Å². The highest BCUT2D eigenvalue weighted by atomic mass is 16.5. The van der Waals surface area contributed by atoms with E-state index in [0.717, 1.165) is 0 Å². The van der Waals surface area contributed by atoms with Gasteiger partial charge in [-0.2, -0.15) is 0 Å². The quantitative estimate of drug-likeness (QED) is 0.764. The van der Waals surface area contributed by atoms with Gasteiger partial charge in [0, 0.05) is 18.8 Å². The van der Waals surface area contributed by atoms with Gasteiger partial charge in [-0.15, -0.1) is 0 Å². The Bertz CT molecular complexity index is 622. The molecule has 0 bridgehead atoms. The van der Waals surface area contributed by atoms with Gasteiger partial charge in [0.25, 0.3) is 0 Å². The van der Waals surface area contributed by atoms with E-state index >= 15 is 0 Å². The van der Waals surface area contributed by atoms with Crippen LogP contribution in [-0.2, 0) is 0 Å². The Morgan fingerprint density at radius 2 is 2.32 bits per heavy atom. The number of nitrogens with one attached hydrogen (secondary N) is 2. The summed E-state index contributed by atoms with van der Waals surface area (Å²) in [5, 5.41) is 5.17. The van der Waals surface area contributed by atoms with E-state index in [9.17, 15) is 9.59 Å². The first-order chi connectivity index (χ1) is 9.08. The summed E-state index contributed by atoms with van der Waals surface area (Å²) in [6, 6.07) is 2.77. The fourth-order valence-corrected chi connectivity index (χ4v) is 1.52. The second kappa shape index (κ2) is 5.25. The maximum absolute atomic E-state index is 11.3. The van der Waals surface area contributed by atoms with Gasteiger partial charge in [-0.05, 0) is 13.0 Å². The van der Waals surface area contributed by atoms with Crippen LogP contribution < -0.4 is 21.1 Å². The molecule has 0 radical (unpaired) electrons. The molecule has 2 aromatic heterocycles. The minimum atomic E-state index is -0.892. The molecule has 100 valence electrons. The highest BCUT2D eigenvalue weighted by Gasteiger charge is 2.07. The van der Waals surface area contributed by atoms with Crippen LogP contribution in [0.25, 0.3) is 5.65 Å². The van der Waals surface area contributed by atoms with E-state index < -0.39 is 6.09 Å². The number of nitrogens with zero attached hydrogens (tertiary/aromatic N) is 2. The van der Waals surface area contributed by atoms with Gasteiger partial charge in [0.1, 0.15) is 11.4 Å². The molecule has 2 aromatic rings. The number of nitrogens with two attached hydrogens (primary N) is 1. The number of aromatic nitrogens is 2. The Labute approximate surface area is 108 Å². The van der Waals surface area contributed by atoms with Crippen LogP contribution in [0.4, 0.5) is 15.4 Å². The van der Waals surface area contributed by atoms with Crippen molar-refractivity contribution in [3.05, 3.63) is 24.5 Å². The lowest BCUT2D eigenvalue weighted by atomic mass is 10.4. The Morgan fingerprint density at radius 1 is 1.53 bits per heavy atom. The number of anilines is 1. The van der Waals surface area contributed by atoms with Gasteiger partial charge >= 0.3 is 12.1 Å². The molecule has 0 aliphatic heterocycles. The molecule has 0 aliphatic rings. The molecule has 3 amide bonds. The molecular weight excluding hydrogens is 250 g/mol. The lowest BCUT2D eigenvalue weighted by Crippen LogP contribution is -2.28. The van der Waals surface area contributed by atoms with E-state index in [-0.39, 0.29) is 11.8 Å². The van der Waals surface area contributed by atoms with E-state index in [1.54, 1.807) is 22.9 Å². The molecule has 0 saturated heterocycles. The van der Waals surface area contributed by atoms with E-state index in [1.165, 1.54) is 6.07 Å².